The van der Waals surface area contributed by atoms with Crippen molar-refractivity contribution in [2.45, 2.75) is 0 Å². The minimum absolute atomic E-state index is 0. The monoisotopic (exact) mass is 543 g/mol. The summed E-state index contributed by atoms with van der Waals surface area (Å²) in [7, 11) is 0. The Labute approximate surface area is 72.0 Å². The van der Waals surface area contributed by atoms with Gasteiger partial charge in [-0.15, -0.1) is 0 Å². The van der Waals surface area contributed by atoms with Crippen LogP contribution in [-0.2, 0) is 54.1 Å². The number of rotatable bonds is 0. The summed E-state index contributed by atoms with van der Waals surface area (Å²) in [6, 6.07) is 0. The van der Waals surface area contributed by atoms with E-state index in [1.54, 1.807) is 0 Å². The average Bonchev–Trinajstić information content (AvgIpc) is 0. The van der Waals surface area contributed by atoms with Gasteiger partial charge in [0.25, 0.3) is 0 Å². The Morgan fingerprint density at radius 3 is 1.00 bits per heavy atom. The van der Waals surface area contributed by atoms with Crippen LogP contribution in [0.1, 0.15) is 0 Å². The zero-order chi connectivity index (χ0) is 0. The second-order valence-corrected chi connectivity index (χ2v) is 0. The molecule has 0 bridgehead atoms. The van der Waals surface area contributed by atoms with Crippen molar-refractivity contribution in [1.29, 1.82) is 0 Å². The van der Waals surface area contributed by atoms with Gasteiger partial charge in [-0.2, -0.15) is 0 Å². The molecule has 0 aliphatic rings. The first kappa shape index (κ1) is 119. The van der Waals surface area contributed by atoms with Crippen LogP contribution in [0, 0.1) is 0 Å². The molecule has 0 aliphatic carbocycles. The maximum Gasteiger partial charge on any atom is 5.00 e. The van der Waals surface area contributed by atoms with Crippen LogP contribution in [0.4, 0.5) is 0 Å². The summed E-state index contributed by atoms with van der Waals surface area (Å²) in [5.74, 6) is 0. The van der Waals surface area contributed by atoms with Crippen LogP contribution in [0.3, 0.4) is 0 Å². The van der Waals surface area contributed by atoms with Crippen LogP contribution < -0.4 is 18.9 Å². The van der Waals surface area contributed by atoms with Gasteiger partial charge >= 0.3 is 67.4 Å². The van der Waals surface area contributed by atoms with Gasteiger partial charge in [-0.3, -0.25) is 0 Å². The van der Waals surface area contributed by atoms with Gasteiger partial charge in [0.05, 0.1) is 0 Å². The molecule has 0 aliphatic heterocycles. The van der Waals surface area contributed by atoms with Crippen LogP contribution in [0.2, 0.25) is 0 Å². The van der Waals surface area contributed by atoms with Crippen molar-refractivity contribution >= 4 is 0 Å². The third kappa shape index (κ3) is 37.6. The third-order valence-corrected chi connectivity index (χ3v) is 0. The van der Waals surface area contributed by atoms with E-state index in [9.17, 15) is 0 Å². The molecule has 0 heterocycles. The molecule has 15 valence electrons. The second kappa shape index (κ2) is 64.9. The summed E-state index contributed by atoms with van der Waals surface area (Å²) < 4.78 is 0. The molecule has 0 aromatic heterocycles. The van der Waals surface area contributed by atoms with E-state index in [2.05, 4.69) is 0 Å². The largest absolute Gasteiger partial charge is 5.00 e. The van der Waals surface area contributed by atoms with E-state index in [1.165, 1.54) is 0 Å². The van der Waals surface area contributed by atoms with Gasteiger partial charge in [0.2, 0.25) is 0 Å². The van der Waals surface area contributed by atoms with Crippen LogP contribution in [-0.4, -0.2) is 0 Å². The Morgan fingerprint density at radius 2 is 1.00 bits per heavy atom. The molecule has 0 fully saturated rings. The zero-order valence-electron chi connectivity index (χ0n) is 2.67. The van der Waals surface area contributed by atoms with Crippen molar-refractivity contribution in [1.82, 2.24) is 0 Å². The molecule has 0 amide bonds. The van der Waals surface area contributed by atoms with E-state index in [4.69, 9.17) is 0 Å². The van der Waals surface area contributed by atoms with Crippen LogP contribution >= 0.6 is 0 Å². The molecular formula is CfLiOTaZr+11. The van der Waals surface area contributed by atoms with Gasteiger partial charge < -0.3 is 5.48 Å². The van der Waals surface area contributed by atoms with Crippen LogP contribution in [0.5, 0.6) is 0 Å². The van der Waals surface area contributed by atoms with Crippen molar-refractivity contribution in [2.75, 3.05) is 0 Å². The van der Waals surface area contributed by atoms with Crippen molar-refractivity contribution in [3.63, 3.8) is 0 Å². The Morgan fingerprint density at radius 1 is 1.00 bits per heavy atom. The van der Waals surface area contributed by atoms with Crippen LogP contribution in [0.15, 0.2) is 0 Å². The first-order valence-electron chi connectivity index (χ1n) is 0. The van der Waals surface area contributed by atoms with Crippen LogP contribution in [0.25, 0.3) is 0 Å². The Bertz CT molecular complexity index is 11.6. The van der Waals surface area contributed by atoms with E-state index < -0.39 is 0 Å². The maximum atomic E-state index is 0. The fourth-order valence-electron chi connectivity index (χ4n) is 0. The zero-order valence-corrected chi connectivity index (χ0v) is 11.0. The van der Waals surface area contributed by atoms with Crippen molar-refractivity contribution in [3.8, 4) is 0 Å². The molecule has 0 saturated heterocycles. The molecule has 0 atom stereocenters. The molecule has 5 heteroatoms. The molecule has 0 unspecified atom stereocenters. The van der Waals surface area contributed by atoms with E-state index >= 15 is 0 Å². The molecule has 1 radical (unpaired) electrons. The van der Waals surface area contributed by atoms with Crippen molar-refractivity contribution in [2.24, 2.45) is 0 Å². The fraction of sp³-hybridized carbons (Fsp3) is 0. The predicted octanol–water partition coefficient (Wildman–Crippen LogP) is -3.12. The van der Waals surface area contributed by atoms with E-state index in [-0.39, 0.29) is 72.9 Å². The van der Waals surface area contributed by atoms with Gasteiger partial charge in [-0.1, -0.05) is 0 Å². The molecule has 0 N–H and O–H groups in total. The molecule has 0 saturated carbocycles. The van der Waals surface area contributed by atoms with Gasteiger partial charge in [0.1, 0.15) is 0 Å². The fourth-order valence-corrected chi connectivity index (χ4v) is 0. The molecule has 1 nitrogen and oxygen atoms in total. The molecule has 0 spiro atoms. The van der Waals surface area contributed by atoms with Crippen molar-refractivity contribution < 1.29 is 72.9 Å². The number of hydrogen-bond acceptors (Lipinski definition) is 0. The second-order valence-electron chi connectivity index (χ2n) is 0. The minimum atomic E-state index is 0. The Balaban J connectivity index is 0. The summed E-state index contributed by atoms with van der Waals surface area (Å²) >= 11 is 0. The average molecular weight is 546 g/mol. The molecular weight excluding hydrogens is 546 g/mol. The summed E-state index contributed by atoms with van der Waals surface area (Å²) in [4.78, 5) is 0. The standard InChI is InChI=1S/Cf.Li.O.Ta.Zr/q+3;+1;-2;+5;+4. The topological polar surface area (TPSA) is 28.5 Å². The minimum Gasteiger partial charge on any atom is -2.00 e. The molecule has 0 rings (SSSR count). The molecule has 5 heavy (non-hydrogen) atoms. The van der Waals surface area contributed by atoms with Gasteiger partial charge in [0, 0.05) is 0 Å². The first-order chi connectivity index (χ1) is 0. The maximum absolute atomic E-state index is 0. The summed E-state index contributed by atoms with van der Waals surface area (Å²) in [6.45, 7) is 0. The molecule has 0 aromatic carbocycles. The Hall–Kier alpha value is 1.18. The molecule has 0 aromatic rings. The van der Waals surface area contributed by atoms with Gasteiger partial charge in [-0.25, -0.2) is 0 Å². The smallest absolute Gasteiger partial charge is 2.00 e. The summed E-state index contributed by atoms with van der Waals surface area (Å²) in [6.07, 6.45) is 0. The van der Waals surface area contributed by atoms with E-state index in [0.29, 0.717) is 0 Å². The van der Waals surface area contributed by atoms with Crippen molar-refractivity contribution in [3.05, 3.63) is 0 Å². The van der Waals surface area contributed by atoms with E-state index in [1.807, 2.05) is 0 Å². The predicted molar refractivity (Wildman–Crippen MR) is 0.686 cm³/mol. The van der Waals surface area contributed by atoms with Gasteiger partial charge in [0.15, 0.2) is 0 Å². The van der Waals surface area contributed by atoms with E-state index in [0.717, 1.165) is 0 Å². The number of hydrogen-bond donors (Lipinski definition) is 0. The Kier molecular flexibility index (Phi) is 1550. The van der Waals surface area contributed by atoms with Gasteiger partial charge in [-0.05, 0) is 0 Å². The SMILES string of the molecule is [Cf+3].[Li+].[O-2].[Ta+5].[Zr+4]. The summed E-state index contributed by atoms with van der Waals surface area (Å²) in [5.41, 5.74) is 0. The summed E-state index contributed by atoms with van der Waals surface area (Å²) in [5, 5.41) is 0. The third-order valence-electron chi connectivity index (χ3n) is 0. The normalized spacial score (nSPS) is 0. The first-order valence-corrected chi connectivity index (χ1v) is 0. The quantitative estimate of drug-likeness (QED) is 0.288.